The lowest BCUT2D eigenvalue weighted by atomic mass is 9.95. The van der Waals surface area contributed by atoms with Gasteiger partial charge < -0.3 is 14.4 Å². The number of rotatable bonds is 2. The van der Waals surface area contributed by atoms with Gasteiger partial charge in [0.15, 0.2) is 0 Å². The third-order valence-electron chi connectivity index (χ3n) is 3.04. The summed E-state index contributed by atoms with van der Waals surface area (Å²) < 4.78 is 9.37. The molecule has 0 spiro atoms. The lowest BCUT2D eigenvalue weighted by Gasteiger charge is -2.39. The van der Waals surface area contributed by atoms with Gasteiger partial charge in [0.05, 0.1) is 20.6 Å². The van der Waals surface area contributed by atoms with Gasteiger partial charge in [-0.1, -0.05) is 0 Å². The molecule has 1 rings (SSSR count). The Balaban J connectivity index is 2.70. The van der Waals surface area contributed by atoms with Crippen LogP contribution in [0.5, 0.6) is 0 Å². The van der Waals surface area contributed by atoms with Crippen LogP contribution in [-0.2, 0) is 14.3 Å². The summed E-state index contributed by atoms with van der Waals surface area (Å²) in [5, 5.41) is 0. The lowest BCUT2D eigenvalue weighted by Crippen LogP contribution is -2.49. The Bertz CT molecular complexity index is 267. The Kier molecular flexibility index (Phi) is 4.58. The summed E-state index contributed by atoms with van der Waals surface area (Å²) in [5.41, 5.74) is 0. The molecule has 0 aliphatic carbocycles. The maximum absolute atomic E-state index is 11.6. The van der Waals surface area contributed by atoms with Crippen LogP contribution in [0.1, 0.15) is 32.6 Å². The van der Waals surface area contributed by atoms with Crippen LogP contribution in [0, 0.1) is 0 Å². The first-order chi connectivity index (χ1) is 7.60. The summed E-state index contributed by atoms with van der Waals surface area (Å²) in [7, 11) is 2.72. The van der Waals surface area contributed by atoms with Crippen molar-refractivity contribution in [1.29, 1.82) is 0 Å². The molecule has 16 heavy (non-hydrogen) atoms. The van der Waals surface area contributed by atoms with Gasteiger partial charge >= 0.3 is 12.1 Å². The number of amides is 1. The number of hydrogen-bond acceptors (Lipinski definition) is 4. The number of methoxy groups -OCH3 is 2. The molecule has 5 nitrogen and oxygen atoms in total. The van der Waals surface area contributed by atoms with E-state index < -0.39 is 0 Å². The predicted molar refractivity (Wildman–Crippen MR) is 58.0 cm³/mol. The van der Waals surface area contributed by atoms with Crippen LogP contribution < -0.4 is 0 Å². The van der Waals surface area contributed by atoms with Gasteiger partial charge in [0.1, 0.15) is 0 Å². The molecule has 0 aromatic heterocycles. The topological polar surface area (TPSA) is 55.8 Å². The molecule has 0 unspecified atom stereocenters. The van der Waals surface area contributed by atoms with Crippen molar-refractivity contribution in [3.63, 3.8) is 0 Å². The molecular weight excluding hydrogens is 210 g/mol. The molecular formula is C11H19NO4. The van der Waals surface area contributed by atoms with Crippen LogP contribution >= 0.6 is 0 Å². The largest absolute Gasteiger partial charge is 0.469 e. The normalized spacial score (nSPS) is 25.1. The number of hydrogen-bond donors (Lipinski definition) is 0. The smallest absolute Gasteiger partial charge is 0.409 e. The van der Waals surface area contributed by atoms with E-state index in [1.165, 1.54) is 14.2 Å². The second-order valence-corrected chi connectivity index (χ2v) is 4.09. The van der Waals surface area contributed by atoms with Crippen molar-refractivity contribution in [2.75, 3.05) is 14.2 Å². The first-order valence-corrected chi connectivity index (χ1v) is 5.53. The molecule has 1 saturated heterocycles. The fraction of sp³-hybridized carbons (Fsp3) is 0.818. The van der Waals surface area contributed by atoms with Gasteiger partial charge in [-0.25, -0.2) is 4.79 Å². The van der Waals surface area contributed by atoms with Gasteiger partial charge in [-0.2, -0.15) is 0 Å². The SMILES string of the molecule is COC(=O)C[C@H]1CCC[C@@H](C)N1C(=O)OC. The molecule has 1 fully saturated rings. The standard InChI is InChI=1S/C11H19NO4/c1-8-5-4-6-9(7-10(13)15-2)12(8)11(14)16-3/h8-9H,4-7H2,1-3H3/t8-,9-/m1/s1. The molecule has 1 amide bonds. The first kappa shape index (κ1) is 12.8. The van der Waals surface area contributed by atoms with Crippen molar-refractivity contribution >= 4 is 12.1 Å². The van der Waals surface area contributed by atoms with E-state index >= 15 is 0 Å². The number of carbonyl (C=O) groups is 2. The molecule has 2 atom stereocenters. The number of likely N-dealkylation sites (tertiary alicyclic amines) is 1. The summed E-state index contributed by atoms with van der Waals surface area (Å²) >= 11 is 0. The highest BCUT2D eigenvalue weighted by Crippen LogP contribution is 2.25. The minimum absolute atomic E-state index is 0.0938. The monoisotopic (exact) mass is 229 g/mol. The number of piperidine rings is 1. The van der Waals surface area contributed by atoms with Crippen LogP contribution in [0.4, 0.5) is 4.79 Å². The van der Waals surface area contributed by atoms with Crippen molar-refractivity contribution in [3.05, 3.63) is 0 Å². The summed E-state index contributed by atoms with van der Waals surface area (Å²) in [6.45, 7) is 1.97. The summed E-state index contributed by atoms with van der Waals surface area (Å²) in [6.07, 6.45) is 2.69. The van der Waals surface area contributed by atoms with Gasteiger partial charge in [-0.15, -0.1) is 0 Å². The van der Waals surface area contributed by atoms with E-state index in [-0.39, 0.29) is 30.6 Å². The molecule has 92 valence electrons. The maximum Gasteiger partial charge on any atom is 0.409 e. The van der Waals surface area contributed by atoms with Crippen LogP contribution in [0.3, 0.4) is 0 Å². The number of ether oxygens (including phenoxy) is 2. The van der Waals surface area contributed by atoms with Crippen molar-refractivity contribution < 1.29 is 19.1 Å². The molecule has 1 heterocycles. The van der Waals surface area contributed by atoms with Crippen LogP contribution in [0.2, 0.25) is 0 Å². The van der Waals surface area contributed by atoms with Gasteiger partial charge in [-0.05, 0) is 26.2 Å². The lowest BCUT2D eigenvalue weighted by molar-refractivity contribution is -0.142. The Morgan fingerprint density at radius 1 is 1.25 bits per heavy atom. The average Bonchev–Trinajstić information content (AvgIpc) is 2.28. The molecule has 1 aliphatic heterocycles. The Morgan fingerprint density at radius 2 is 1.94 bits per heavy atom. The second-order valence-electron chi connectivity index (χ2n) is 4.09. The molecule has 0 radical (unpaired) electrons. The zero-order valence-electron chi connectivity index (χ0n) is 10.1. The van der Waals surface area contributed by atoms with E-state index in [0.717, 1.165) is 19.3 Å². The number of carbonyl (C=O) groups excluding carboxylic acids is 2. The third kappa shape index (κ3) is 2.87. The van der Waals surface area contributed by atoms with Gasteiger partial charge in [0.2, 0.25) is 0 Å². The van der Waals surface area contributed by atoms with E-state index in [4.69, 9.17) is 4.74 Å². The quantitative estimate of drug-likeness (QED) is 0.674. The number of esters is 1. The van der Waals surface area contributed by atoms with Crippen LogP contribution in [-0.4, -0.2) is 43.3 Å². The molecule has 0 saturated carbocycles. The highest BCUT2D eigenvalue weighted by molar-refractivity contribution is 5.73. The molecule has 1 aliphatic rings. The van der Waals surface area contributed by atoms with Gasteiger partial charge in [0, 0.05) is 12.1 Å². The highest BCUT2D eigenvalue weighted by atomic mass is 16.5. The zero-order chi connectivity index (χ0) is 12.1. The molecule has 0 aromatic carbocycles. The Hall–Kier alpha value is -1.26. The van der Waals surface area contributed by atoms with Crippen molar-refractivity contribution in [2.24, 2.45) is 0 Å². The van der Waals surface area contributed by atoms with Crippen molar-refractivity contribution in [3.8, 4) is 0 Å². The summed E-state index contributed by atoms with van der Waals surface area (Å²) in [4.78, 5) is 24.5. The fourth-order valence-corrected chi connectivity index (χ4v) is 2.20. The predicted octanol–water partition coefficient (Wildman–Crippen LogP) is 1.56. The van der Waals surface area contributed by atoms with E-state index in [1.807, 2.05) is 6.92 Å². The number of nitrogens with zero attached hydrogens (tertiary/aromatic N) is 1. The van der Waals surface area contributed by atoms with Gasteiger partial charge in [-0.3, -0.25) is 4.79 Å². The van der Waals surface area contributed by atoms with Crippen LogP contribution in [0.15, 0.2) is 0 Å². The minimum Gasteiger partial charge on any atom is -0.469 e. The van der Waals surface area contributed by atoms with Crippen molar-refractivity contribution in [2.45, 2.75) is 44.7 Å². The maximum atomic E-state index is 11.6. The molecule has 0 aromatic rings. The Morgan fingerprint density at radius 3 is 2.50 bits per heavy atom. The molecule has 0 N–H and O–H groups in total. The summed E-state index contributed by atoms with van der Waals surface area (Å²) in [6, 6.07) is 0.0273. The molecule has 0 bridgehead atoms. The first-order valence-electron chi connectivity index (χ1n) is 5.53. The van der Waals surface area contributed by atoms with E-state index in [9.17, 15) is 9.59 Å². The minimum atomic E-state index is -0.360. The third-order valence-corrected chi connectivity index (χ3v) is 3.04. The highest BCUT2D eigenvalue weighted by Gasteiger charge is 2.33. The van der Waals surface area contributed by atoms with Crippen LogP contribution in [0.25, 0.3) is 0 Å². The fourth-order valence-electron chi connectivity index (χ4n) is 2.20. The average molecular weight is 229 g/mol. The zero-order valence-corrected chi connectivity index (χ0v) is 10.1. The Labute approximate surface area is 95.7 Å². The van der Waals surface area contributed by atoms with Crippen molar-refractivity contribution in [1.82, 2.24) is 4.90 Å². The van der Waals surface area contributed by atoms with E-state index in [0.29, 0.717) is 0 Å². The molecule has 5 heteroatoms. The van der Waals surface area contributed by atoms with Gasteiger partial charge in [0.25, 0.3) is 0 Å². The van der Waals surface area contributed by atoms with E-state index in [1.54, 1.807) is 4.90 Å². The second kappa shape index (κ2) is 5.72. The summed E-state index contributed by atoms with van der Waals surface area (Å²) in [5.74, 6) is -0.284. The van der Waals surface area contributed by atoms with E-state index in [2.05, 4.69) is 4.74 Å².